The van der Waals surface area contributed by atoms with Crippen LogP contribution in [-0.2, 0) is 6.54 Å². The Labute approximate surface area is 189 Å². The Bertz CT molecular complexity index is 1090. The summed E-state index contributed by atoms with van der Waals surface area (Å²) >= 11 is 0. The molecule has 1 saturated heterocycles. The van der Waals surface area contributed by atoms with E-state index < -0.39 is 0 Å². The second kappa shape index (κ2) is 9.64. The van der Waals surface area contributed by atoms with Crippen LogP contribution in [0.4, 0.5) is 17.1 Å². The molecule has 0 bridgehead atoms. The first kappa shape index (κ1) is 21.6. The summed E-state index contributed by atoms with van der Waals surface area (Å²) in [4.78, 5) is 17.4. The Morgan fingerprint density at radius 1 is 0.938 bits per heavy atom. The number of para-hydroxylation sites is 2. The zero-order valence-electron chi connectivity index (χ0n) is 18.7. The number of nitrogens with zero attached hydrogens (tertiary/aromatic N) is 2. The molecular formula is C26H30N4O2. The maximum absolute atomic E-state index is 12.7. The number of rotatable bonds is 6. The van der Waals surface area contributed by atoms with E-state index in [1.807, 2.05) is 36.4 Å². The number of hydrogen-bond donors (Lipinski definition) is 2. The molecule has 1 heterocycles. The Kier molecular flexibility index (Phi) is 6.50. The van der Waals surface area contributed by atoms with Gasteiger partial charge in [0.05, 0.1) is 18.5 Å². The van der Waals surface area contributed by atoms with E-state index in [2.05, 4.69) is 46.3 Å². The van der Waals surface area contributed by atoms with Crippen molar-refractivity contribution >= 4 is 23.0 Å². The zero-order chi connectivity index (χ0) is 22.5. The number of ether oxygens (including phenoxy) is 1. The molecule has 3 aromatic rings. The smallest absolute Gasteiger partial charge is 0.251 e. The third kappa shape index (κ3) is 4.64. The van der Waals surface area contributed by atoms with Gasteiger partial charge in [0.25, 0.3) is 5.91 Å². The second-order valence-corrected chi connectivity index (χ2v) is 8.03. The molecule has 0 unspecified atom stereocenters. The highest BCUT2D eigenvalue weighted by Crippen LogP contribution is 2.28. The summed E-state index contributed by atoms with van der Waals surface area (Å²) in [5.74, 6) is 0.603. The van der Waals surface area contributed by atoms with Crippen molar-refractivity contribution in [1.82, 2.24) is 5.32 Å². The molecule has 166 valence electrons. The van der Waals surface area contributed by atoms with Gasteiger partial charge in [-0.25, -0.2) is 0 Å². The van der Waals surface area contributed by atoms with Crippen LogP contribution in [0.25, 0.3) is 0 Å². The third-order valence-corrected chi connectivity index (χ3v) is 6.00. The van der Waals surface area contributed by atoms with E-state index in [0.717, 1.165) is 43.2 Å². The lowest BCUT2D eigenvalue weighted by Gasteiger charge is -2.38. The van der Waals surface area contributed by atoms with Gasteiger partial charge in [0.2, 0.25) is 0 Å². The summed E-state index contributed by atoms with van der Waals surface area (Å²) in [7, 11) is 1.63. The molecule has 4 rings (SSSR count). The van der Waals surface area contributed by atoms with Gasteiger partial charge in [-0.2, -0.15) is 0 Å². The predicted molar refractivity (Wildman–Crippen MR) is 131 cm³/mol. The highest BCUT2D eigenvalue weighted by Gasteiger charge is 2.20. The number of aryl methyl sites for hydroxylation is 1. The van der Waals surface area contributed by atoms with Crippen LogP contribution >= 0.6 is 0 Å². The van der Waals surface area contributed by atoms with Crippen molar-refractivity contribution < 1.29 is 9.53 Å². The van der Waals surface area contributed by atoms with Crippen molar-refractivity contribution in [3.05, 3.63) is 83.4 Å². The van der Waals surface area contributed by atoms with Gasteiger partial charge in [-0.3, -0.25) is 4.79 Å². The maximum Gasteiger partial charge on any atom is 0.251 e. The van der Waals surface area contributed by atoms with Gasteiger partial charge in [0.1, 0.15) is 5.75 Å². The fourth-order valence-electron chi connectivity index (χ4n) is 4.22. The molecule has 1 aliphatic heterocycles. The summed E-state index contributed by atoms with van der Waals surface area (Å²) in [6.45, 7) is 6.19. The molecule has 0 radical (unpaired) electrons. The average Bonchev–Trinajstić information content (AvgIpc) is 2.83. The number of anilines is 3. The van der Waals surface area contributed by atoms with E-state index in [4.69, 9.17) is 10.5 Å². The first-order valence-corrected chi connectivity index (χ1v) is 10.9. The number of hydrogen-bond acceptors (Lipinski definition) is 5. The molecule has 3 aromatic carbocycles. The quantitative estimate of drug-likeness (QED) is 0.582. The van der Waals surface area contributed by atoms with Crippen molar-refractivity contribution in [2.45, 2.75) is 13.5 Å². The van der Waals surface area contributed by atoms with Gasteiger partial charge in [-0.1, -0.05) is 36.4 Å². The summed E-state index contributed by atoms with van der Waals surface area (Å²) in [5.41, 5.74) is 12.0. The number of nitrogens with two attached hydrogens (primary N) is 1. The molecular weight excluding hydrogens is 400 g/mol. The maximum atomic E-state index is 12.7. The SMILES string of the molecule is COc1ccccc1CNC(=O)c1ccc(N2CCN(c3ccccc3C)CC2)c(N)c1. The Balaban J connectivity index is 1.38. The highest BCUT2D eigenvalue weighted by molar-refractivity contribution is 5.96. The first-order valence-electron chi connectivity index (χ1n) is 10.9. The van der Waals surface area contributed by atoms with E-state index in [-0.39, 0.29) is 5.91 Å². The highest BCUT2D eigenvalue weighted by atomic mass is 16.5. The number of carbonyl (C=O) groups excluding carboxylic acids is 1. The Hall–Kier alpha value is -3.67. The van der Waals surface area contributed by atoms with Crippen LogP contribution < -0.4 is 25.6 Å². The third-order valence-electron chi connectivity index (χ3n) is 6.00. The molecule has 0 aromatic heterocycles. The lowest BCUT2D eigenvalue weighted by molar-refractivity contribution is 0.0950. The number of methoxy groups -OCH3 is 1. The minimum absolute atomic E-state index is 0.154. The van der Waals surface area contributed by atoms with Gasteiger partial charge < -0.3 is 25.6 Å². The van der Waals surface area contributed by atoms with Crippen LogP contribution in [0.3, 0.4) is 0 Å². The van der Waals surface area contributed by atoms with Gasteiger partial charge in [0, 0.05) is 49.5 Å². The molecule has 6 nitrogen and oxygen atoms in total. The number of nitrogen functional groups attached to an aromatic ring is 1. The molecule has 32 heavy (non-hydrogen) atoms. The molecule has 3 N–H and O–H groups in total. The van der Waals surface area contributed by atoms with Crippen LogP contribution in [0, 0.1) is 6.92 Å². The van der Waals surface area contributed by atoms with Crippen LogP contribution in [0.15, 0.2) is 66.7 Å². The Morgan fingerprint density at radius 2 is 1.59 bits per heavy atom. The fraction of sp³-hybridized carbons (Fsp3) is 0.269. The number of carbonyl (C=O) groups is 1. The van der Waals surface area contributed by atoms with Crippen molar-refractivity contribution in [3.8, 4) is 5.75 Å². The van der Waals surface area contributed by atoms with E-state index in [0.29, 0.717) is 17.8 Å². The van der Waals surface area contributed by atoms with Crippen molar-refractivity contribution in [3.63, 3.8) is 0 Å². The van der Waals surface area contributed by atoms with Gasteiger partial charge in [-0.15, -0.1) is 0 Å². The molecule has 0 spiro atoms. The van der Waals surface area contributed by atoms with Crippen LogP contribution in [0.2, 0.25) is 0 Å². The molecule has 0 saturated carbocycles. The molecule has 0 aliphatic carbocycles. The van der Waals surface area contributed by atoms with Crippen molar-refractivity contribution in [2.75, 3.05) is 48.8 Å². The molecule has 1 aliphatic rings. The second-order valence-electron chi connectivity index (χ2n) is 8.03. The molecule has 1 amide bonds. The van der Waals surface area contributed by atoms with Crippen LogP contribution in [0.5, 0.6) is 5.75 Å². The molecule has 0 atom stereocenters. The van der Waals surface area contributed by atoms with Gasteiger partial charge in [-0.05, 0) is 42.8 Å². The zero-order valence-corrected chi connectivity index (χ0v) is 18.7. The molecule has 6 heteroatoms. The summed E-state index contributed by atoms with van der Waals surface area (Å²) in [6, 6.07) is 21.7. The van der Waals surface area contributed by atoms with Crippen LogP contribution in [-0.4, -0.2) is 39.2 Å². The lowest BCUT2D eigenvalue weighted by atomic mass is 10.1. The average molecular weight is 431 g/mol. The predicted octanol–water partition coefficient (Wildman–Crippen LogP) is 3.84. The van der Waals surface area contributed by atoms with E-state index in [9.17, 15) is 4.79 Å². The number of nitrogens with one attached hydrogen (secondary N) is 1. The number of piperazine rings is 1. The van der Waals surface area contributed by atoms with Crippen molar-refractivity contribution in [1.29, 1.82) is 0 Å². The van der Waals surface area contributed by atoms with E-state index in [1.54, 1.807) is 13.2 Å². The van der Waals surface area contributed by atoms with E-state index >= 15 is 0 Å². The van der Waals surface area contributed by atoms with Crippen LogP contribution in [0.1, 0.15) is 21.5 Å². The fourth-order valence-corrected chi connectivity index (χ4v) is 4.22. The minimum atomic E-state index is -0.154. The first-order chi connectivity index (χ1) is 15.6. The largest absolute Gasteiger partial charge is 0.496 e. The number of amides is 1. The van der Waals surface area contributed by atoms with Gasteiger partial charge in [0.15, 0.2) is 0 Å². The monoisotopic (exact) mass is 430 g/mol. The Morgan fingerprint density at radius 3 is 2.28 bits per heavy atom. The topological polar surface area (TPSA) is 70.8 Å². The number of benzene rings is 3. The van der Waals surface area contributed by atoms with Gasteiger partial charge >= 0.3 is 0 Å². The minimum Gasteiger partial charge on any atom is -0.496 e. The summed E-state index contributed by atoms with van der Waals surface area (Å²) < 4.78 is 5.35. The van der Waals surface area contributed by atoms with E-state index in [1.165, 1.54) is 11.3 Å². The normalized spacial score (nSPS) is 13.7. The lowest BCUT2D eigenvalue weighted by Crippen LogP contribution is -2.47. The summed E-state index contributed by atoms with van der Waals surface area (Å²) in [6.07, 6.45) is 0. The molecule has 1 fully saturated rings. The van der Waals surface area contributed by atoms with Crippen molar-refractivity contribution in [2.24, 2.45) is 0 Å². The standard InChI is InChI=1S/C26H30N4O2/c1-19-7-3-5-9-23(19)29-13-15-30(16-14-29)24-12-11-20(17-22(24)27)26(31)28-18-21-8-4-6-10-25(21)32-2/h3-12,17H,13-16,18,27H2,1-2H3,(H,28,31). The summed E-state index contributed by atoms with van der Waals surface area (Å²) in [5, 5.41) is 2.95.